The van der Waals surface area contributed by atoms with E-state index >= 15 is 0 Å². The van der Waals surface area contributed by atoms with Gasteiger partial charge in [0.25, 0.3) is 0 Å². The van der Waals surface area contributed by atoms with E-state index in [9.17, 15) is 5.11 Å². The van der Waals surface area contributed by atoms with E-state index in [0.717, 1.165) is 12.1 Å². The van der Waals surface area contributed by atoms with E-state index in [2.05, 4.69) is 17.2 Å². The van der Waals surface area contributed by atoms with Crippen LogP contribution in [0.4, 0.5) is 0 Å². The molecule has 1 atom stereocenters. The Balaban J connectivity index is 1.68. The van der Waals surface area contributed by atoms with Crippen molar-refractivity contribution in [1.82, 2.24) is 5.01 Å². The minimum absolute atomic E-state index is 0.263. The average molecular weight is 238 g/mol. The molecule has 3 heteroatoms. The van der Waals surface area contributed by atoms with Gasteiger partial charge in [0.2, 0.25) is 0 Å². The number of aromatic hydroxyl groups is 1. The third kappa shape index (κ3) is 2.20. The van der Waals surface area contributed by atoms with Crippen molar-refractivity contribution in [3.8, 4) is 5.75 Å². The lowest BCUT2D eigenvalue weighted by atomic mass is 10.2. The number of phenolic OH excluding ortho intramolecular Hbond substituents is 1. The van der Waals surface area contributed by atoms with Gasteiger partial charge in [-0.25, -0.2) is 0 Å². The summed E-state index contributed by atoms with van der Waals surface area (Å²) in [7, 11) is 0. The zero-order valence-corrected chi connectivity index (χ0v) is 9.90. The molecule has 0 aromatic heterocycles. The highest BCUT2D eigenvalue weighted by atomic mass is 16.3. The standard InChI is InChI=1S/C15H14N2O/c18-15-9-5-4-8-13(15)10-16-17-11-14(17)12-6-2-1-3-7-12/h1-10,14,18H,11H2/b16-10+. The molecule has 0 saturated carbocycles. The predicted octanol–water partition coefficient (Wildman–Crippen LogP) is 2.78. The molecule has 0 bridgehead atoms. The molecule has 1 heterocycles. The van der Waals surface area contributed by atoms with Crippen molar-refractivity contribution in [2.75, 3.05) is 6.54 Å². The fraction of sp³-hybridized carbons (Fsp3) is 0.133. The normalized spacial score (nSPS) is 18.2. The molecule has 1 aliphatic rings. The first-order chi connectivity index (χ1) is 8.84. The first-order valence-corrected chi connectivity index (χ1v) is 5.98. The highest BCUT2D eigenvalue weighted by Crippen LogP contribution is 2.34. The number of rotatable bonds is 3. The highest BCUT2D eigenvalue weighted by Gasteiger charge is 2.33. The number of benzene rings is 2. The molecular formula is C15H14N2O. The fourth-order valence-electron chi connectivity index (χ4n) is 1.94. The maximum Gasteiger partial charge on any atom is 0.124 e. The van der Waals surface area contributed by atoms with Crippen LogP contribution in [0.1, 0.15) is 17.2 Å². The van der Waals surface area contributed by atoms with Crippen molar-refractivity contribution in [3.63, 3.8) is 0 Å². The minimum Gasteiger partial charge on any atom is -0.507 e. The molecule has 1 saturated heterocycles. The van der Waals surface area contributed by atoms with Crippen molar-refractivity contribution in [1.29, 1.82) is 0 Å². The summed E-state index contributed by atoms with van der Waals surface area (Å²) in [6.07, 6.45) is 1.71. The zero-order valence-electron chi connectivity index (χ0n) is 9.90. The van der Waals surface area contributed by atoms with Crippen LogP contribution in [0.25, 0.3) is 0 Å². The summed E-state index contributed by atoms with van der Waals surface area (Å²) in [4.78, 5) is 0. The molecule has 1 fully saturated rings. The third-order valence-electron chi connectivity index (χ3n) is 3.05. The first-order valence-electron chi connectivity index (χ1n) is 5.98. The van der Waals surface area contributed by atoms with E-state index in [1.165, 1.54) is 5.56 Å². The monoisotopic (exact) mass is 238 g/mol. The predicted molar refractivity (Wildman–Crippen MR) is 71.6 cm³/mol. The van der Waals surface area contributed by atoms with Gasteiger partial charge in [0, 0.05) is 5.56 Å². The summed E-state index contributed by atoms with van der Waals surface area (Å²) in [6.45, 7) is 0.939. The van der Waals surface area contributed by atoms with E-state index in [4.69, 9.17) is 0 Å². The highest BCUT2D eigenvalue weighted by molar-refractivity contribution is 5.83. The summed E-state index contributed by atoms with van der Waals surface area (Å²) in [5.41, 5.74) is 2.03. The summed E-state index contributed by atoms with van der Waals surface area (Å²) >= 11 is 0. The summed E-state index contributed by atoms with van der Waals surface area (Å²) in [5.74, 6) is 0.263. The number of hydrogen-bond acceptors (Lipinski definition) is 3. The van der Waals surface area contributed by atoms with Gasteiger partial charge in [-0.1, -0.05) is 42.5 Å². The van der Waals surface area contributed by atoms with E-state index in [0.29, 0.717) is 6.04 Å². The van der Waals surface area contributed by atoms with Crippen LogP contribution < -0.4 is 0 Å². The first kappa shape index (κ1) is 10.8. The van der Waals surface area contributed by atoms with Gasteiger partial charge in [-0.15, -0.1) is 0 Å². The van der Waals surface area contributed by atoms with Crippen LogP contribution >= 0.6 is 0 Å². The van der Waals surface area contributed by atoms with Crippen LogP contribution in [0.15, 0.2) is 59.7 Å². The molecule has 0 spiro atoms. The van der Waals surface area contributed by atoms with Crippen LogP contribution in [0.2, 0.25) is 0 Å². The lowest BCUT2D eigenvalue weighted by molar-refractivity contribution is 0.474. The topological polar surface area (TPSA) is 35.6 Å². The van der Waals surface area contributed by atoms with Crippen LogP contribution in [0.3, 0.4) is 0 Å². The lowest BCUT2D eigenvalue weighted by Gasteiger charge is -2.00. The molecule has 2 aromatic rings. The third-order valence-corrected chi connectivity index (χ3v) is 3.05. The van der Waals surface area contributed by atoms with Gasteiger partial charge < -0.3 is 5.11 Å². The molecule has 3 nitrogen and oxygen atoms in total. The molecule has 1 aliphatic heterocycles. The van der Waals surface area contributed by atoms with Crippen molar-refractivity contribution < 1.29 is 5.11 Å². The molecule has 2 aromatic carbocycles. The maximum atomic E-state index is 9.62. The summed E-state index contributed by atoms with van der Waals surface area (Å²) in [6, 6.07) is 17.9. The van der Waals surface area contributed by atoms with E-state index in [1.807, 2.05) is 35.3 Å². The Morgan fingerprint density at radius 2 is 1.78 bits per heavy atom. The van der Waals surface area contributed by atoms with Gasteiger partial charge >= 0.3 is 0 Å². The van der Waals surface area contributed by atoms with E-state index in [-0.39, 0.29) is 5.75 Å². The largest absolute Gasteiger partial charge is 0.507 e. The molecular weight excluding hydrogens is 224 g/mol. The minimum atomic E-state index is 0.263. The molecule has 3 rings (SSSR count). The molecule has 0 amide bonds. The second kappa shape index (κ2) is 4.53. The van der Waals surface area contributed by atoms with Crippen LogP contribution in [0.5, 0.6) is 5.75 Å². The Morgan fingerprint density at radius 1 is 1.06 bits per heavy atom. The van der Waals surface area contributed by atoms with Crippen molar-refractivity contribution in [3.05, 3.63) is 65.7 Å². The Morgan fingerprint density at radius 3 is 2.56 bits per heavy atom. The smallest absolute Gasteiger partial charge is 0.124 e. The molecule has 1 N–H and O–H groups in total. The van der Waals surface area contributed by atoms with Crippen LogP contribution in [-0.2, 0) is 0 Å². The average Bonchev–Trinajstić information content (AvgIpc) is 3.18. The van der Waals surface area contributed by atoms with Gasteiger partial charge in [-0.3, -0.25) is 5.01 Å². The number of hydrogen-bond donors (Lipinski definition) is 1. The molecule has 0 radical (unpaired) electrons. The number of hydrazone groups is 1. The molecule has 1 unspecified atom stereocenters. The number of phenols is 1. The Hall–Kier alpha value is -2.29. The number of nitrogens with zero attached hydrogens (tertiary/aromatic N) is 2. The Labute approximate surface area is 106 Å². The SMILES string of the molecule is Oc1ccccc1/C=N/N1CC1c1ccccc1. The second-order valence-corrected chi connectivity index (χ2v) is 4.35. The van der Waals surface area contributed by atoms with Crippen molar-refractivity contribution >= 4 is 6.21 Å². The van der Waals surface area contributed by atoms with Gasteiger partial charge in [-0.05, 0) is 17.7 Å². The second-order valence-electron chi connectivity index (χ2n) is 4.35. The zero-order chi connectivity index (χ0) is 12.4. The number of para-hydroxylation sites is 1. The van der Waals surface area contributed by atoms with Gasteiger partial charge in [0.1, 0.15) is 5.75 Å². The summed E-state index contributed by atoms with van der Waals surface area (Å²) in [5, 5.41) is 16.0. The Bertz CT molecular complexity index is 566. The summed E-state index contributed by atoms with van der Waals surface area (Å²) < 4.78 is 0. The van der Waals surface area contributed by atoms with E-state index < -0.39 is 0 Å². The Kier molecular flexibility index (Phi) is 2.73. The molecule has 18 heavy (non-hydrogen) atoms. The fourth-order valence-corrected chi connectivity index (χ4v) is 1.94. The van der Waals surface area contributed by atoms with Crippen molar-refractivity contribution in [2.45, 2.75) is 6.04 Å². The van der Waals surface area contributed by atoms with Gasteiger partial charge in [0.05, 0.1) is 18.8 Å². The lowest BCUT2D eigenvalue weighted by Crippen LogP contribution is -1.90. The van der Waals surface area contributed by atoms with Crippen LogP contribution in [0, 0.1) is 0 Å². The molecule has 0 aliphatic carbocycles. The van der Waals surface area contributed by atoms with Gasteiger partial charge in [-0.2, -0.15) is 5.10 Å². The quantitative estimate of drug-likeness (QED) is 0.659. The van der Waals surface area contributed by atoms with Crippen LogP contribution in [-0.4, -0.2) is 22.9 Å². The van der Waals surface area contributed by atoms with Crippen molar-refractivity contribution in [2.24, 2.45) is 5.10 Å². The van der Waals surface area contributed by atoms with Gasteiger partial charge in [0.15, 0.2) is 0 Å². The molecule has 90 valence electrons. The van der Waals surface area contributed by atoms with E-state index in [1.54, 1.807) is 18.3 Å². The maximum absolute atomic E-state index is 9.62.